The summed E-state index contributed by atoms with van der Waals surface area (Å²) in [5.41, 5.74) is 1.80. The van der Waals surface area contributed by atoms with Gasteiger partial charge in [-0.05, 0) is 61.6 Å². The highest BCUT2D eigenvalue weighted by atomic mass is 32.1. The Balaban J connectivity index is 1.61. The van der Waals surface area contributed by atoms with Crippen LogP contribution in [0.5, 0.6) is 0 Å². The predicted octanol–water partition coefficient (Wildman–Crippen LogP) is 4.26. The topological polar surface area (TPSA) is 49.4 Å². The molecular formula is C20H23FN2O2S. The third kappa shape index (κ3) is 4.69. The molecule has 138 valence electrons. The molecule has 0 saturated carbocycles. The van der Waals surface area contributed by atoms with Gasteiger partial charge in [-0.15, -0.1) is 11.3 Å². The van der Waals surface area contributed by atoms with Gasteiger partial charge in [-0.1, -0.05) is 12.8 Å². The van der Waals surface area contributed by atoms with Crippen LogP contribution < -0.4 is 5.32 Å². The molecule has 0 fully saturated rings. The summed E-state index contributed by atoms with van der Waals surface area (Å²) in [6.45, 7) is -0.0429. The van der Waals surface area contributed by atoms with E-state index in [2.05, 4.69) is 5.32 Å². The van der Waals surface area contributed by atoms with Crippen LogP contribution in [-0.4, -0.2) is 30.3 Å². The zero-order valence-electron chi connectivity index (χ0n) is 14.9. The lowest BCUT2D eigenvalue weighted by Crippen LogP contribution is -2.34. The summed E-state index contributed by atoms with van der Waals surface area (Å²) < 4.78 is 12.9. The number of hydrogen-bond donors (Lipinski definition) is 1. The maximum Gasteiger partial charge on any atom is 0.264 e. The SMILES string of the molecule is CN(CC(=O)Nc1ccc(F)cc1)C(=O)c1cc2c(s1)CCCCCC2. The molecule has 2 aromatic rings. The Morgan fingerprint density at radius 2 is 1.81 bits per heavy atom. The van der Waals surface area contributed by atoms with Crippen LogP contribution in [0.1, 0.15) is 45.8 Å². The molecule has 0 saturated heterocycles. The van der Waals surface area contributed by atoms with E-state index in [1.54, 1.807) is 18.4 Å². The number of benzene rings is 1. The number of nitrogens with zero attached hydrogens (tertiary/aromatic N) is 1. The summed E-state index contributed by atoms with van der Waals surface area (Å²) >= 11 is 1.56. The van der Waals surface area contributed by atoms with Crippen LogP contribution >= 0.6 is 11.3 Å². The largest absolute Gasteiger partial charge is 0.332 e. The highest BCUT2D eigenvalue weighted by Gasteiger charge is 2.20. The maximum absolute atomic E-state index is 12.9. The highest BCUT2D eigenvalue weighted by molar-refractivity contribution is 7.14. The van der Waals surface area contributed by atoms with Crippen LogP contribution in [0.2, 0.25) is 0 Å². The van der Waals surface area contributed by atoms with E-state index in [0.717, 1.165) is 12.8 Å². The Bertz CT molecular complexity index is 760. The second-order valence-electron chi connectivity index (χ2n) is 6.69. The highest BCUT2D eigenvalue weighted by Crippen LogP contribution is 2.29. The molecule has 1 aromatic carbocycles. The number of thiophene rings is 1. The molecular weight excluding hydrogens is 351 g/mol. The van der Waals surface area contributed by atoms with E-state index in [4.69, 9.17) is 0 Å². The van der Waals surface area contributed by atoms with Crippen LogP contribution in [0.3, 0.4) is 0 Å². The first-order valence-electron chi connectivity index (χ1n) is 8.95. The maximum atomic E-state index is 12.9. The number of halogens is 1. The van der Waals surface area contributed by atoms with Crippen molar-refractivity contribution in [2.45, 2.75) is 38.5 Å². The van der Waals surface area contributed by atoms with Gasteiger partial charge in [0.25, 0.3) is 5.91 Å². The molecule has 0 atom stereocenters. The molecule has 0 spiro atoms. The summed E-state index contributed by atoms with van der Waals surface area (Å²) in [6.07, 6.45) is 6.94. The van der Waals surface area contributed by atoms with E-state index in [-0.39, 0.29) is 24.2 Å². The molecule has 3 rings (SSSR count). The smallest absolute Gasteiger partial charge is 0.264 e. The van der Waals surface area contributed by atoms with Crippen molar-refractivity contribution >= 4 is 28.8 Å². The Hall–Kier alpha value is -2.21. The van der Waals surface area contributed by atoms with Gasteiger partial charge in [-0.3, -0.25) is 9.59 Å². The second kappa shape index (κ2) is 8.45. The summed E-state index contributed by atoms with van der Waals surface area (Å²) in [5, 5.41) is 2.68. The zero-order chi connectivity index (χ0) is 18.5. The molecule has 1 heterocycles. The minimum Gasteiger partial charge on any atom is -0.332 e. The number of likely N-dealkylation sites (N-methyl/N-ethyl adjacent to an activating group) is 1. The van der Waals surface area contributed by atoms with Crippen molar-refractivity contribution in [2.24, 2.45) is 0 Å². The van der Waals surface area contributed by atoms with Gasteiger partial charge < -0.3 is 10.2 Å². The Kier molecular flexibility index (Phi) is 6.04. The number of rotatable bonds is 4. The first-order valence-corrected chi connectivity index (χ1v) is 9.77. The van der Waals surface area contributed by atoms with Crippen molar-refractivity contribution in [2.75, 3.05) is 18.9 Å². The van der Waals surface area contributed by atoms with Crippen molar-refractivity contribution in [3.63, 3.8) is 0 Å². The molecule has 0 aliphatic heterocycles. The number of hydrogen-bond acceptors (Lipinski definition) is 3. The Morgan fingerprint density at radius 1 is 1.12 bits per heavy atom. The molecule has 1 aliphatic carbocycles. The van der Waals surface area contributed by atoms with Crippen LogP contribution in [-0.2, 0) is 17.6 Å². The molecule has 26 heavy (non-hydrogen) atoms. The van der Waals surface area contributed by atoms with Gasteiger partial charge in [0, 0.05) is 17.6 Å². The molecule has 0 unspecified atom stereocenters. The molecule has 6 heteroatoms. The predicted molar refractivity (Wildman–Crippen MR) is 102 cm³/mol. The summed E-state index contributed by atoms with van der Waals surface area (Å²) in [6, 6.07) is 7.56. The van der Waals surface area contributed by atoms with E-state index < -0.39 is 0 Å². The van der Waals surface area contributed by atoms with Gasteiger partial charge in [0.05, 0.1) is 11.4 Å². The first kappa shape index (κ1) is 18.6. The second-order valence-corrected chi connectivity index (χ2v) is 7.83. The van der Waals surface area contributed by atoms with Gasteiger partial charge in [-0.2, -0.15) is 0 Å². The van der Waals surface area contributed by atoms with Crippen molar-refractivity contribution in [1.29, 1.82) is 0 Å². The third-order valence-electron chi connectivity index (χ3n) is 4.56. The molecule has 1 N–H and O–H groups in total. The zero-order valence-corrected chi connectivity index (χ0v) is 15.7. The van der Waals surface area contributed by atoms with Crippen LogP contribution in [0.4, 0.5) is 10.1 Å². The number of anilines is 1. The summed E-state index contributed by atoms with van der Waals surface area (Å²) in [4.78, 5) is 28.3. The van der Waals surface area contributed by atoms with Crippen LogP contribution in [0.25, 0.3) is 0 Å². The van der Waals surface area contributed by atoms with E-state index in [1.165, 1.54) is 65.3 Å². The van der Waals surface area contributed by atoms with E-state index in [9.17, 15) is 14.0 Å². The van der Waals surface area contributed by atoms with E-state index in [1.807, 2.05) is 6.07 Å². The minimum absolute atomic E-state index is 0.0429. The number of nitrogens with one attached hydrogen (secondary N) is 1. The standard InChI is InChI=1S/C20H23FN2O2S/c1-23(13-19(24)22-16-10-8-15(21)9-11-16)20(25)18-12-14-6-4-2-3-5-7-17(14)26-18/h8-12H,2-7,13H2,1H3,(H,22,24). The van der Waals surface area contributed by atoms with Gasteiger partial charge in [0.15, 0.2) is 0 Å². The molecule has 1 aromatic heterocycles. The van der Waals surface area contributed by atoms with Gasteiger partial charge in [0.2, 0.25) is 5.91 Å². The lowest BCUT2D eigenvalue weighted by molar-refractivity contribution is -0.116. The van der Waals surface area contributed by atoms with Gasteiger partial charge in [-0.25, -0.2) is 4.39 Å². The van der Waals surface area contributed by atoms with Crippen molar-refractivity contribution in [3.8, 4) is 0 Å². The third-order valence-corrected chi connectivity index (χ3v) is 5.79. The Morgan fingerprint density at radius 3 is 2.54 bits per heavy atom. The number of carbonyl (C=O) groups excluding carboxylic acids is 2. The summed E-state index contributed by atoms with van der Waals surface area (Å²) in [7, 11) is 1.63. The fourth-order valence-electron chi connectivity index (χ4n) is 3.16. The molecule has 1 aliphatic rings. The van der Waals surface area contributed by atoms with Crippen molar-refractivity contribution in [1.82, 2.24) is 4.90 Å². The van der Waals surface area contributed by atoms with E-state index in [0.29, 0.717) is 10.6 Å². The van der Waals surface area contributed by atoms with Crippen molar-refractivity contribution < 1.29 is 14.0 Å². The van der Waals surface area contributed by atoms with Crippen LogP contribution in [0, 0.1) is 5.82 Å². The monoisotopic (exact) mass is 374 g/mol. The quantitative estimate of drug-likeness (QED) is 0.869. The molecule has 4 nitrogen and oxygen atoms in total. The van der Waals surface area contributed by atoms with Crippen molar-refractivity contribution in [3.05, 3.63) is 51.5 Å². The van der Waals surface area contributed by atoms with E-state index >= 15 is 0 Å². The fraction of sp³-hybridized carbons (Fsp3) is 0.400. The number of aryl methyl sites for hydroxylation is 2. The number of amides is 2. The average Bonchev–Trinajstić information content (AvgIpc) is 2.98. The van der Waals surface area contributed by atoms with Gasteiger partial charge >= 0.3 is 0 Å². The lowest BCUT2D eigenvalue weighted by atomic mass is 10.00. The van der Waals surface area contributed by atoms with Crippen LogP contribution in [0.15, 0.2) is 30.3 Å². The fourth-order valence-corrected chi connectivity index (χ4v) is 4.41. The van der Waals surface area contributed by atoms with Gasteiger partial charge in [0.1, 0.15) is 5.82 Å². The first-order chi connectivity index (χ1) is 12.5. The summed E-state index contributed by atoms with van der Waals surface area (Å²) in [5.74, 6) is -0.790. The Labute approximate surface area is 157 Å². The normalized spacial score (nSPS) is 14.1. The molecule has 0 radical (unpaired) electrons. The minimum atomic E-state index is -0.358. The molecule has 0 bridgehead atoms. The lowest BCUT2D eigenvalue weighted by Gasteiger charge is -2.16. The number of carbonyl (C=O) groups is 2. The average molecular weight is 374 g/mol. The number of fused-ring (bicyclic) bond motifs is 1. The molecule has 2 amide bonds.